The van der Waals surface area contributed by atoms with E-state index in [0.717, 1.165) is 17.1 Å². The molecule has 128 valence electrons. The van der Waals surface area contributed by atoms with Gasteiger partial charge in [-0.25, -0.2) is 4.98 Å². The summed E-state index contributed by atoms with van der Waals surface area (Å²) in [4.78, 5) is 18.3. The van der Waals surface area contributed by atoms with E-state index in [9.17, 15) is 4.79 Å². The van der Waals surface area contributed by atoms with Crippen LogP contribution in [0.1, 0.15) is 38.2 Å². The molecule has 1 aromatic heterocycles. The molecule has 0 unspecified atom stereocenters. The van der Waals surface area contributed by atoms with Gasteiger partial charge in [0, 0.05) is 13.1 Å². The summed E-state index contributed by atoms with van der Waals surface area (Å²) in [5.74, 6) is 0.742. The molecular weight excluding hydrogens is 302 g/mol. The fraction of sp³-hybridized carbons (Fsp3) is 0.368. The van der Waals surface area contributed by atoms with Crippen LogP contribution in [0.25, 0.3) is 0 Å². The van der Waals surface area contributed by atoms with Crippen LogP contribution >= 0.6 is 0 Å². The number of ether oxygens (including phenoxy) is 1. The van der Waals surface area contributed by atoms with Crippen molar-refractivity contribution in [3.63, 3.8) is 0 Å². The lowest BCUT2D eigenvalue weighted by Crippen LogP contribution is -2.31. The maximum Gasteiger partial charge on any atom is 0.272 e. The second-order valence-corrected chi connectivity index (χ2v) is 5.70. The van der Waals surface area contributed by atoms with E-state index in [2.05, 4.69) is 10.3 Å². The van der Waals surface area contributed by atoms with E-state index in [1.165, 1.54) is 0 Å². The van der Waals surface area contributed by atoms with Crippen molar-refractivity contribution in [3.8, 4) is 5.75 Å². The third kappa shape index (κ3) is 4.47. The van der Waals surface area contributed by atoms with E-state index in [4.69, 9.17) is 4.74 Å². The van der Waals surface area contributed by atoms with Crippen LogP contribution in [0.2, 0.25) is 0 Å². The van der Waals surface area contributed by atoms with Crippen LogP contribution in [-0.4, -0.2) is 35.0 Å². The van der Waals surface area contributed by atoms with Crippen molar-refractivity contribution >= 4 is 17.3 Å². The number of benzene rings is 1. The Kier molecular flexibility index (Phi) is 6.18. The molecule has 1 heterocycles. The minimum Gasteiger partial charge on any atom is -0.489 e. The molecule has 0 bridgehead atoms. The second-order valence-electron chi connectivity index (χ2n) is 5.70. The first-order chi connectivity index (χ1) is 11.5. The average molecular weight is 327 g/mol. The Bertz CT molecular complexity index is 665. The Labute approximate surface area is 143 Å². The zero-order valence-electron chi connectivity index (χ0n) is 14.7. The van der Waals surface area contributed by atoms with E-state index < -0.39 is 0 Å². The van der Waals surface area contributed by atoms with Crippen molar-refractivity contribution in [2.45, 2.75) is 33.8 Å². The zero-order valence-corrected chi connectivity index (χ0v) is 14.7. The first-order valence-corrected chi connectivity index (χ1v) is 8.33. The Hall–Kier alpha value is -2.56. The summed E-state index contributed by atoms with van der Waals surface area (Å²) < 4.78 is 5.80. The van der Waals surface area contributed by atoms with Gasteiger partial charge in [-0.05, 0) is 52.0 Å². The molecule has 0 radical (unpaired) electrons. The van der Waals surface area contributed by atoms with Gasteiger partial charge in [-0.2, -0.15) is 0 Å². The third-order valence-corrected chi connectivity index (χ3v) is 3.56. The lowest BCUT2D eigenvalue weighted by Gasteiger charge is -2.18. The first kappa shape index (κ1) is 17.8. The van der Waals surface area contributed by atoms with Crippen molar-refractivity contribution in [1.82, 2.24) is 9.88 Å². The van der Waals surface area contributed by atoms with Gasteiger partial charge < -0.3 is 15.0 Å². The molecular formula is C19H25N3O2. The Morgan fingerprint density at radius 1 is 1.17 bits per heavy atom. The molecule has 5 nitrogen and oxygen atoms in total. The van der Waals surface area contributed by atoms with E-state index in [1.54, 1.807) is 17.2 Å². The SMILES string of the molecule is CCN(CC)C(=O)c1ccc(Nc2ccccc2OC(C)C)cn1. The number of nitrogens with zero attached hydrogens (tertiary/aromatic N) is 2. The standard InChI is InChI=1S/C19H25N3O2/c1-5-22(6-2)19(23)17-12-11-15(13-20-17)21-16-9-7-8-10-18(16)24-14(3)4/h7-14,21H,5-6H2,1-4H3. The fourth-order valence-electron chi connectivity index (χ4n) is 2.35. The highest BCUT2D eigenvalue weighted by molar-refractivity contribution is 5.92. The highest BCUT2D eigenvalue weighted by atomic mass is 16.5. The van der Waals surface area contributed by atoms with Gasteiger partial charge in [0.1, 0.15) is 11.4 Å². The van der Waals surface area contributed by atoms with Gasteiger partial charge in [-0.3, -0.25) is 4.79 Å². The van der Waals surface area contributed by atoms with E-state index in [-0.39, 0.29) is 12.0 Å². The van der Waals surface area contributed by atoms with Gasteiger partial charge in [0.15, 0.2) is 0 Å². The highest BCUT2D eigenvalue weighted by Gasteiger charge is 2.13. The number of amides is 1. The molecule has 0 fully saturated rings. The number of carbonyl (C=O) groups is 1. The summed E-state index contributed by atoms with van der Waals surface area (Å²) in [6, 6.07) is 11.4. The quantitative estimate of drug-likeness (QED) is 0.832. The summed E-state index contributed by atoms with van der Waals surface area (Å²) in [7, 11) is 0. The molecule has 1 amide bonds. The lowest BCUT2D eigenvalue weighted by molar-refractivity contribution is 0.0767. The van der Waals surface area contributed by atoms with Crippen LogP contribution in [0.3, 0.4) is 0 Å². The van der Waals surface area contributed by atoms with Gasteiger partial charge >= 0.3 is 0 Å². The molecule has 2 rings (SSSR count). The van der Waals surface area contributed by atoms with Crippen LogP contribution in [0.5, 0.6) is 5.75 Å². The molecule has 0 aliphatic rings. The number of carbonyl (C=O) groups excluding carboxylic acids is 1. The van der Waals surface area contributed by atoms with Gasteiger partial charge in [-0.15, -0.1) is 0 Å². The van der Waals surface area contributed by atoms with E-state index >= 15 is 0 Å². The van der Waals surface area contributed by atoms with Gasteiger partial charge in [0.05, 0.1) is 23.7 Å². The molecule has 0 saturated carbocycles. The second kappa shape index (κ2) is 8.34. The van der Waals surface area contributed by atoms with E-state index in [0.29, 0.717) is 18.8 Å². The third-order valence-electron chi connectivity index (χ3n) is 3.56. The number of aromatic nitrogens is 1. The van der Waals surface area contributed by atoms with Crippen molar-refractivity contribution in [3.05, 3.63) is 48.3 Å². The van der Waals surface area contributed by atoms with E-state index in [1.807, 2.05) is 58.0 Å². The number of hydrogen-bond acceptors (Lipinski definition) is 4. The van der Waals surface area contributed by atoms with Crippen molar-refractivity contribution in [1.29, 1.82) is 0 Å². The molecule has 5 heteroatoms. The largest absolute Gasteiger partial charge is 0.489 e. The highest BCUT2D eigenvalue weighted by Crippen LogP contribution is 2.28. The van der Waals surface area contributed by atoms with Gasteiger partial charge in [0.2, 0.25) is 0 Å². The normalized spacial score (nSPS) is 10.5. The number of pyridine rings is 1. The predicted molar refractivity (Wildman–Crippen MR) is 97.0 cm³/mol. The molecule has 0 aliphatic carbocycles. The molecule has 1 N–H and O–H groups in total. The summed E-state index contributed by atoms with van der Waals surface area (Å²) in [5.41, 5.74) is 2.14. The summed E-state index contributed by atoms with van der Waals surface area (Å²) in [5, 5.41) is 3.29. The van der Waals surface area contributed by atoms with Crippen molar-refractivity contribution in [2.75, 3.05) is 18.4 Å². The number of anilines is 2. The minimum atomic E-state index is -0.0462. The summed E-state index contributed by atoms with van der Waals surface area (Å²) >= 11 is 0. The fourth-order valence-corrected chi connectivity index (χ4v) is 2.35. The number of nitrogens with one attached hydrogen (secondary N) is 1. The topological polar surface area (TPSA) is 54.5 Å². The Morgan fingerprint density at radius 3 is 2.46 bits per heavy atom. The summed E-state index contributed by atoms with van der Waals surface area (Å²) in [6.45, 7) is 9.26. The zero-order chi connectivity index (χ0) is 17.5. The molecule has 24 heavy (non-hydrogen) atoms. The van der Waals surface area contributed by atoms with Crippen LogP contribution < -0.4 is 10.1 Å². The van der Waals surface area contributed by atoms with Crippen LogP contribution in [0, 0.1) is 0 Å². The van der Waals surface area contributed by atoms with Gasteiger partial charge in [-0.1, -0.05) is 12.1 Å². The van der Waals surface area contributed by atoms with Crippen molar-refractivity contribution < 1.29 is 9.53 Å². The maximum absolute atomic E-state index is 12.3. The molecule has 1 aromatic carbocycles. The van der Waals surface area contributed by atoms with Crippen molar-refractivity contribution in [2.24, 2.45) is 0 Å². The molecule has 0 spiro atoms. The van der Waals surface area contributed by atoms with Crippen LogP contribution in [0.4, 0.5) is 11.4 Å². The lowest BCUT2D eigenvalue weighted by atomic mass is 10.2. The maximum atomic E-state index is 12.3. The average Bonchev–Trinajstić information content (AvgIpc) is 2.58. The Balaban J connectivity index is 2.14. The monoisotopic (exact) mass is 327 g/mol. The molecule has 0 aliphatic heterocycles. The number of hydrogen-bond donors (Lipinski definition) is 1. The minimum absolute atomic E-state index is 0.0462. The molecule has 0 saturated heterocycles. The first-order valence-electron chi connectivity index (χ1n) is 8.33. The number of para-hydroxylation sites is 2. The Morgan fingerprint density at radius 2 is 1.88 bits per heavy atom. The predicted octanol–water partition coefficient (Wildman–Crippen LogP) is 4.09. The number of rotatable bonds is 7. The van der Waals surface area contributed by atoms with Gasteiger partial charge in [0.25, 0.3) is 5.91 Å². The summed E-state index contributed by atoms with van der Waals surface area (Å²) in [6.07, 6.45) is 1.77. The molecule has 0 atom stereocenters. The smallest absolute Gasteiger partial charge is 0.272 e. The van der Waals surface area contributed by atoms with Crippen LogP contribution in [0.15, 0.2) is 42.6 Å². The van der Waals surface area contributed by atoms with Crippen LogP contribution in [-0.2, 0) is 0 Å². The molecule has 2 aromatic rings.